The number of aliphatic hydroxyl groups is 1. The van der Waals surface area contributed by atoms with Gasteiger partial charge in [0.1, 0.15) is 17.6 Å². The van der Waals surface area contributed by atoms with Crippen molar-refractivity contribution in [3.63, 3.8) is 0 Å². The van der Waals surface area contributed by atoms with Crippen molar-refractivity contribution in [2.24, 2.45) is 17.8 Å². The highest BCUT2D eigenvalue weighted by Gasteiger charge is 2.46. The van der Waals surface area contributed by atoms with E-state index in [0.717, 1.165) is 12.8 Å². The van der Waals surface area contributed by atoms with Crippen molar-refractivity contribution in [2.45, 2.75) is 64.5 Å². The first-order chi connectivity index (χ1) is 15.2. The standard InChI is InChI=1S/C23H30Cl2F2N2O3/c1-4-32-13(3)21-20(25)17(18(24)11-28-21)10-19(30)29-9-8-15-14(12(29)2)6-5-7-16(15)22(31)23(26)27/h11-12,14-16,22-23,31H,3-10H2,1-2H3/t12-,14+,15+,16+,22?/m0/s1. The summed E-state index contributed by atoms with van der Waals surface area (Å²) in [6.45, 7) is 8.46. The first-order valence-electron chi connectivity index (χ1n) is 11.1. The van der Waals surface area contributed by atoms with Crippen molar-refractivity contribution in [1.82, 2.24) is 9.88 Å². The maximum atomic E-state index is 13.3. The van der Waals surface area contributed by atoms with E-state index < -0.39 is 18.4 Å². The van der Waals surface area contributed by atoms with Crippen LogP contribution >= 0.6 is 23.2 Å². The number of alkyl halides is 2. The SMILES string of the molecule is C=C(OCC)c1ncc(Cl)c(CC(=O)N2CC[C@@H]3[C@H](CCC[C@H]3C(O)C(F)F)[C@@H]2C)c1Cl. The predicted molar refractivity (Wildman–Crippen MR) is 121 cm³/mol. The fourth-order valence-electron chi connectivity index (χ4n) is 5.40. The second-order valence-corrected chi connectivity index (χ2v) is 9.43. The Kier molecular flexibility index (Phi) is 8.39. The highest BCUT2D eigenvalue weighted by molar-refractivity contribution is 6.37. The van der Waals surface area contributed by atoms with Gasteiger partial charge < -0.3 is 14.7 Å². The van der Waals surface area contributed by atoms with Gasteiger partial charge in [-0.1, -0.05) is 36.2 Å². The summed E-state index contributed by atoms with van der Waals surface area (Å²) in [7, 11) is 0. The molecule has 0 aromatic carbocycles. The van der Waals surface area contributed by atoms with Gasteiger partial charge in [0, 0.05) is 24.3 Å². The van der Waals surface area contributed by atoms with Crippen LogP contribution in [-0.2, 0) is 16.0 Å². The lowest BCUT2D eigenvalue weighted by Gasteiger charge is -2.50. The second kappa shape index (κ2) is 10.7. The third kappa shape index (κ3) is 5.05. The smallest absolute Gasteiger partial charge is 0.264 e. The van der Waals surface area contributed by atoms with E-state index in [2.05, 4.69) is 11.6 Å². The Bertz CT molecular complexity index is 855. The Morgan fingerprint density at radius 1 is 1.34 bits per heavy atom. The molecule has 0 radical (unpaired) electrons. The molecule has 9 heteroatoms. The number of rotatable bonds is 7. The fraction of sp³-hybridized carbons (Fsp3) is 0.652. The Labute approximate surface area is 197 Å². The van der Waals surface area contributed by atoms with Crippen LogP contribution < -0.4 is 0 Å². The molecule has 5 nitrogen and oxygen atoms in total. The lowest BCUT2D eigenvalue weighted by atomic mass is 9.64. The molecule has 2 fully saturated rings. The number of pyridine rings is 1. The van der Waals surface area contributed by atoms with Crippen molar-refractivity contribution in [1.29, 1.82) is 0 Å². The monoisotopic (exact) mass is 490 g/mol. The number of halogens is 4. The molecule has 1 saturated carbocycles. The molecule has 2 heterocycles. The molecule has 1 N–H and O–H groups in total. The summed E-state index contributed by atoms with van der Waals surface area (Å²) in [5.74, 6) is -0.180. The summed E-state index contributed by atoms with van der Waals surface area (Å²) in [6.07, 6.45) is -0.0973. The minimum Gasteiger partial charge on any atom is -0.492 e. The first kappa shape index (κ1) is 25.2. The van der Waals surface area contributed by atoms with Crippen LogP contribution in [0.4, 0.5) is 8.78 Å². The van der Waals surface area contributed by atoms with Crippen LogP contribution in [0.25, 0.3) is 5.76 Å². The summed E-state index contributed by atoms with van der Waals surface area (Å²) >= 11 is 12.8. The van der Waals surface area contributed by atoms with Gasteiger partial charge >= 0.3 is 0 Å². The Balaban J connectivity index is 1.76. The molecule has 1 unspecified atom stereocenters. The number of nitrogens with zero attached hydrogens (tertiary/aromatic N) is 2. The van der Waals surface area contributed by atoms with E-state index in [1.54, 1.807) is 4.90 Å². The Morgan fingerprint density at radius 3 is 2.72 bits per heavy atom. The van der Waals surface area contributed by atoms with Crippen LogP contribution in [0.2, 0.25) is 10.0 Å². The lowest BCUT2D eigenvalue weighted by Crippen LogP contribution is -2.55. The largest absolute Gasteiger partial charge is 0.492 e. The predicted octanol–water partition coefficient (Wildman–Crippen LogP) is 5.22. The van der Waals surface area contributed by atoms with Gasteiger partial charge in [0.2, 0.25) is 5.91 Å². The van der Waals surface area contributed by atoms with E-state index in [1.165, 1.54) is 6.20 Å². The molecule has 1 saturated heterocycles. The number of carbonyl (C=O) groups is 1. The van der Waals surface area contributed by atoms with E-state index in [1.807, 2.05) is 13.8 Å². The molecule has 5 atom stereocenters. The van der Waals surface area contributed by atoms with Gasteiger partial charge in [0.15, 0.2) is 0 Å². The molecule has 1 aliphatic carbocycles. The first-order valence-corrected chi connectivity index (χ1v) is 11.8. The number of hydrogen-bond acceptors (Lipinski definition) is 4. The minimum atomic E-state index is -2.75. The molecule has 3 rings (SSSR count). The number of ether oxygens (including phenoxy) is 1. The Hall–Kier alpha value is -1.44. The van der Waals surface area contributed by atoms with Crippen molar-refractivity contribution < 1.29 is 23.4 Å². The molecular formula is C23H30Cl2F2N2O3. The van der Waals surface area contributed by atoms with Crippen LogP contribution in [0.1, 0.15) is 50.8 Å². The molecule has 1 aliphatic heterocycles. The molecule has 0 bridgehead atoms. The van der Waals surface area contributed by atoms with E-state index in [9.17, 15) is 18.7 Å². The molecule has 32 heavy (non-hydrogen) atoms. The maximum Gasteiger partial charge on any atom is 0.264 e. The van der Waals surface area contributed by atoms with Crippen molar-refractivity contribution in [3.05, 3.63) is 34.1 Å². The summed E-state index contributed by atoms with van der Waals surface area (Å²) in [5, 5.41) is 10.6. The molecule has 2 aliphatic rings. The van der Waals surface area contributed by atoms with Crippen LogP contribution in [-0.4, -0.2) is 52.6 Å². The quantitative estimate of drug-likeness (QED) is 0.532. The molecule has 178 valence electrons. The van der Waals surface area contributed by atoms with Crippen molar-refractivity contribution in [2.75, 3.05) is 13.2 Å². The summed E-state index contributed by atoms with van der Waals surface area (Å²) in [5.41, 5.74) is 0.816. The number of carbonyl (C=O) groups excluding carboxylic acids is 1. The number of amides is 1. The molecule has 1 aromatic rings. The van der Waals surface area contributed by atoms with Gasteiger partial charge in [0.05, 0.1) is 23.1 Å². The number of hydrogen-bond donors (Lipinski definition) is 1. The van der Waals surface area contributed by atoms with E-state index in [-0.39, 0.29) is 40.3 Å². The third-order valence-electron chi connectivity index (χ3n) is 6.99. The zero-order valence-electron chi connectivity index (χ0n) is 18.4. The molecule has 1 aromatic heterocycles. The number of fused-ring (bicyclic) bond motifs is 1. The van der Waals surface area contributed by atoms with Gasteiger partial charge in [-0.3, -0.25) is 4.79 Å². The molecule has 0 spiro atoms. The van der Waals surface area contributed by atoms with Crippen LogP contribution in [0, 0.1) is 17.8 Å². The highest BCUT2D eigenvalue weighted by atomic mass is 35.5. The molecular weight excluding hydrogens is 461 g/mol. The van der Waals surface area contributed by atoms with Crippen LogP contribution in [0.15, 0.2) is 12.8 Å². The van der Waals surface area contributed by atoms with Crippen molar-refractivity contribution >= 4 is 34.9 Å². The van der Waals surface area contributed by atoms with Gasteiger partial charge in [-0.05, 0) is 50.9 Å². The lowest BCUT2D eigenvalue weighted by molar-refractivity contribution is -0.141. The third-order valence-corrected chi connectivity index (χ3v) is 7.72. The normalized spacial score (nSPS) is 26.6. The topological polar surface area (TPSA) is 62.7 Å². The van der Waals surface area contributed by atoms with Crippen LogP contribution in [0.3, 0.4) is 0 Å². The van der Waals surface area contributed by atoms with E-state index >= 15 is 0 Å². The number of aliphatic hydroxyl groups excluding tert-OH is 1. The second-order valence-electron chi connectivity index (χ2n) is 8.64. The van der Waals surface area contributed by atoms with Gasteiger partial charge in [-0.15, -0.1) is 0 Å². The van der Waals surface area contributed by atoms with Gasteiger partial charge in [-0.2, -0.15) is 0 Å². The minimum absolute atomic E-state index is 0.00257. The average Bonchev–Trinajstić information content (AvgIpc) is 2.76. The fourth-order valence-corrected chi connectivity index (χ4v) is 5.98. The zero-order chi connectivity index (χ0) is 23.6. The summed E-state index contributed by atoms with van der Waals surface area (Å²) in [4.78, 5) is 19.2. The maximum absolute atomic E-state index is 13.3. The zero-order valence-corrected chi connectivity index (χ0v) is 19.9. The van der Waals surface area contributed by atoms with Gasteiger partial charge in [0.25, 0.3) is 6.43 Å². The van der Waals surface area contributed by atoms with Gasteiger partial charge in [-0.25, -0.2) is 13.8 Å². The number of piperidine rings is 1. The average molecular weight is 491 g/mol. The Morgan fingerprint density at radius 2 is 2.06 bits per heavy atom. The van der Waals surface area contributed by atoms with E-state index in [0.29, 0.717) is 43.0 Å². The molecule has 1 amide bonds. The number of aromatic nitrogens is 1. The highest BCUT2D eigenvalue weighted by Crippen LogP contribution is 2.45. The van der Waals surface area contributed by atoms with Crippen molar-refractivity contribution in [3.8, 4) is 0 Å². The van der Waals surface area contributed by atoms with Crippen LogP contribution in [0.5, 0.6) is 0 Å². The summed E-state index contributed by atoms with van der Waals surface area (Å²) < 4.78 is 31.7. The summed E-state index contributed by atoms with van der Waals surface area (Å²) in [6, 6.07) is -0.119. The number of likely N-dealkylation sites (tertiary alicyclic amines) is 1. The van der Waals surface area contributed by atoms with E-state index in [4.69, 9.17) is 27.9 Å².